The first-order chi connectivity index (χ1) is 8.63. The van der Waals surface area contributed by atoms with E-state index in [1.54, 1.807) is 0 Å². The van der Waals surface area contributed by atoms with E-state index in [9.17, 15) is 4.79 Å². The van der Waals surface area contributed by atoms with Crippen molar-refractivity contribution < 1.29 is 4.79 Å². The van der Waals surface area contributed by atoms with Crippen LogP contribution in [-0.2, 0) is 0 Å². The maximum absolute atomic E-state index is 11.0. The second-order valence-corrected chi connectivity index (χ2v) is 5.52. The highest BCUT2D eigenvalue weighted by Gasteiger charge is 2.18. The molecular weight excluding hydrogens is 224 g/mol. The molecule has 1 atom stereocenters. The molecule has 0 amide bonds. The van der Waals surface area contributed by atoms with Crippen molar-refractivity contribution in [2.24, 2.45) is 0 Å². The van der Waals surface area contributed by atoms with Crippen LogP contribution in [0.5, 0.6) is 0 Å². The monoisotopic (exact) mass is 248 g/mol. The Hall–Kier alpha value is -1.09. The fourth-order valence-corrected chi connectivity index (χ4v) is 3.20. The quantitative estimate of drug-likeness (QED) is 0.765. The van der Waals surface area contributed by atoms with Gasteiger partial charge in [-0.15, -0.1) is 0 Å². The van der Waals surface area contributed by atoms with E-state index < -0.39 is 0 Å². The molecule has 0 bridgehead atoms. The molecule has 1 aliphatic heterocycles. The van der Waals surface area contributed by atoms with Gasteiger partial charge in [0.25, 0.3) is 0 Å². The molecule has 1 aliphatic rings. The largest absolute Gasteiger partial charge is 0.344 e. The molecule has 3 nitrogen and oxygen atoms in total. The van der Waals surface area contributed by atoms with Gasteiger partial charge in [0.05, 0.1) is 0 Å². The van der Waals surface area contributed by atoms with Gasteiger partial charge in [0.1, 0.15) is 0 Å². The highest BCUT2D eigenvalue weighted by Crippen LogP contribution is 2.21. The number of aromatic nitrogens is 1. The summed E-state index contributed by atoms with van der Waals surface area (Å²) in [5.41, 5.74) is 3.13. The van der Waals surface area contributed by atoms with Gasteiger partial charge >= 0.3 is 0 Å². The number of aldehydes is 1. The summed E-state index contributed by atoms with van der Waals surface area (Å²) < 4.78 is 2.30. The van der Waals surface area contributed by atoms with E-state index in [-0.39, 0.29) is 0 Å². The minimum atomic E-state index is 0.441. The molecule has 0 aliphatic carbocycles. The number of carbonyl (C=O) groups is 1. The number of carbonyl (C=O) groups excluding carboxylic acids is 1. The van der Waals surface area contributed by atoms with Crippen LogP contribution in [0.1, 0.15) is 54.0 Å². The molecule has 1 unspecified atom stereocenters. The maximum Gasteiger partial charge on any atom is 0.151 e. The average Bonchev–Trinajstić information content (AvgIpc) is 2.65. The van der Waals surface area contributed by atoms with Gasteiger partial charge in [-0.1, -0.05) is 6.42 Å². The van der Waals surface area contributed by atoms with Crippen LogP contribution in [0.15, 0.2) is 6.07 Å². The molecule has 3 heteroatoms. The molecule has 0 radical (unpaired) electrons. The molecule has 1 aromatic heterocycles. The normalized spacial score (nSPS) is 18.8. The molecule has 0 saturated carbocycles. The second-order valence-electron chi connectivity index (χ2n) is 5.52. The number of nitrogens with zero attached hydrogens (tertiary/aromatic N) is 2. The second kappa shape index (κ2) is 5.70. The lowest BCUT2D eigenvalue weighted by Gasteiger charge is -2.30. The number of piperidine rings is 1. The third kappa shape index (κ3) is 2.66. The predicted octanol–water partition coefficient (Wildman–Crippen LogP) is 2.96. The third-order valence-electron chi connectivity index (χ3n) is 4.06. The minimum Gasteiger partial charge on any atom is -0.344 e. The summed E-state index contributed by atoms with van der Waals surface area (Å²) in [4.78, 5) is 13.5. The van der Waals surface area contributed by atoms with Crippen molar-refractivity contribution >= 4 is 6.29 Å². The summed E-state index contributed by atoms with van der Waals surface area (Å²) in [7, 11) is 0. The smallest absolute Gasteiger partial charge is 0.151 e. The number of aryl methyl sites for hydroxylation is 1. The summed E-state index contributed by atoms with van der Waals surface area (Å²) in [6.45, 7) is 9.93. The van der Waals surface area contributed by atoms with Gasteiger partial charge in [0.2, 0.25) is 0 Å². The van der Waals surface area contributed by atoms with Crippen LogP contribution in [-0.4, -0.2) is 35.4 Å². The van der Waals surface area contributed by atoms with E-state index in [1.807, 2.05) is 13.0 Å². The van der Waals surface area contributed by atoms with Crippen LogP contribution in [0.4, 0.5) is 0 Å². The lowest BCUT2D eigenvalue weighted by Crippen LogP contribution is -2.34. The van der Waals surface area contributed by atoms with Crippen LogP contribution >= 0.6 is 0 Å². The summed E-state index contributed by atoms with van der Waals surface area (Å²) >= 11 is 0. The number of likely N-dealkylation sites (tertiary alicyclic amines) is 1. The van der Waals surface area contributed by atoms with Crippen LogP contribution in [0, 0.1) is 13.8 Å². The predicted molar refractivity (Wildman–Crippen MR) is 74.3 cm³/mol. The minimum absolute atomic E-state index is 0.441. The molecule has 100 valence electrons. The summed E-state index contributed by atoms with van der Waals surface area (Å²) in [5.74, 6) is 0. The Kier molecular flexibility index (Phi) is 4.23. The molecular formula is C15H24N2O. The first-order valence-corrected chi connectivity index (χ1v) is 6.99. The molecule has 0 spiro atoms. The number of rotatable bonds is 4. The fourth-order valence-electron chi connectivity index (χ4n) is 3.20. The number of hydrogen-bond acceptors (Lipinski definition) is 2. The van der Waals surface area contributed by atoms with Gasteiger partial charge in [0.15, 0.2) is 6.29 Å². The van der Waals surface area contributed by atoms with Gasteiger partial charge in [-0.05, 0) is 52.8 Å². The van der Waals surface area contributed by atoms with Crippen molar-refractivity contribution in [1.82, 2.24) is 9.47 Å². The fraction of sp³-hybridized carbons (Fsp3) is 0.667. The van der Waals surface area contributed by atoms with E-state index in [0.29, 0.717) is 6.04 Å². The summed E-state index contributed by atoms with van der Waals surface area (Å²) in [6, 6.07) is 2.44. The number of hydrogen-bond donors (Lipinski definition) is 0. The Morgan fingerprint density at radius 1 is 1.28 bits per heavy atom. The lowest BCUT2D eigenvalue weighted by molar-refractivity contribution is 0.112. The van der Waals surface area contributed by atoms with Crippen molar-refractivity contribution in [2.45, 2.75) is 46.1 Å². The molecule has 1 saturated heterocycles. The van der Waals surface area contributed by atoms with E-state index in [2.05, 4.69) is 23.3 Å². The third-order valence-corrected chi connectivity index (χ3v) is 4.06. The molecule has 0 aromatic carbocycles. The first-order valence-electron chi connectivity index (χ1n) is 6.99. The van der Waals surface area contributed by atoms with Crippen molar-refractivity contribution in [1.29, 1.82) is 0 Å². The Labute approximate surface area is 110 Å². The topological polar surface area (TPSA) is 25.2 Å². The van der Waals surface area contributed by atoms with Gasteiger partial charge < -0.3 is 9.47 Å². The summed E-state index contributed by atoms with van der Waals surface area (Å²) in [5, 5.41) is 0. The average molecular weight is 248 g/mol. The zero-order valence-corrected chi connectivity index (χ0v) is 11.8. The van der Waals surface area contributed by atoms with Gasteiger partial charge in [-0.25, -0.2) is 0 Å². The van der Waals surface area contributed by atoms with E-state index >= 15 is 0 Å². The van der Waals surface area contributed by atoms with Crippen molar-refractivity contribution in [3.05, 3.63) is 23.0 Å². The van der Waals surface area contributed by atoms with Gasteiger partial charge in [-0.2, -0.15) is 0 Å². The zero-order valence-electron chi connectivity index (χ0n) is 11.8. The Morgan fingerprint density at radius 2 is 1.94 bits per heavy atom. The Bertz CT molecular complexity index is 416. The molecule has 18 heavy (non-hydrogen) atoms. The first kappa shape index (κ1) is 13.3. The SMILES string of the molecule is Cc1cc(C=O)c(C)n1C(C)CN1CCCCC1. The molecule has 0 N–H and O–H groups in total. The highest BCUT2D eigenvalue weighted by atomic mass is 16.1. The lowest BCUT2D eigenvalue weighted by atomic mass is 10.1. The zero-order chi connectivity index (χ0) is 13.1. The van der Waals surface area contributed by atoms with Crippen LogP contribution < -0.4 is 0 Å². The van der Waals surface area contributed by atoms with E-state index in [4.69, 9.17) is 0 Å². The van der Waals surface area contributed by atoms with E-state index in [0.717, 1.165) is 24.1 Å². The van der Waals surface area contributed by atoms with Crippen molar-refractivity contribution in [3.63, 3.8) is 0 Å². The molecule has 1 aromatic rings. The Balaban J connectivity index is 2.10. The van der Waals surface area contributed by atoms with E-state index in [1.165, 1.54) is 38.0 Å². The molecule has 2 rings (SSSR count). The molecule has 1 fully saturated rings. The van der Waals surface area contributed by atoms with Gasteiger partial charge in [0, 0.05) is 29.5 Å². The Morgan fingerprint density at radius 3 is 2.50 bits per heavy atom. The summed E-state index contributed by atoms with van der Waals surface area (Å²) in [6.07, 6.45) is 5.00. The van der Waals surface area contributed by atoms with Crippen LogP contribution in [0.25, 0.3) is 0 Å². The van der Waals surface area contributed by atoms with Crippen molar-refractivity contribution in [3.8, 4) is 0 Å². The van der Waals surface area contributed by atoms with Crippen molar-refractivity contribution in [2.75, 3.05) is 19.6 Å². The van der Waals surface area contributed by atoms with Gasteiger partial charge in [-0.3, -0.25) is 4.79 Å². The highest BCUT2D eigenvalue weighted by molar-refractivity contribution is 5.77. The van der Waals surface area contributed by atoms with Crippen LogP contribution in [0.3, 0.4) is 0 Å². The standard InChI is InChI=1S/C15H24N2O/c1-12-9-15(11-18)14(3)17(12)13(2)10-16-7-5-4-6-8-16/h9,11,13H,4-8,10H2,1-3H3. The van der Waals surface area contributed by atoms with Crippen LogP contribution in [0.2, 0.25) is 0 Å². The molecule has 2 heterocycles. The maximum atomic E-state index is 11.0.